The van der Waals surface area contributed by atoms with E-state index in [0.717, 1.165) is 17.1 Å². The summed E-state index contributed by atoms with van der Waals surface area (Å²) in [4.78, 5) is 5.59. The second kappa shape index (κ2) is 6.90. The number of hydrogen-bond acceptors (Lipinski definition) is 5. The molecule has 1 aromatic rings. The van der Waals surface area contributed by atoms with Gasteiger partial charge in [-0.2, -0.15) is 0 Å². The topological polar surface area (TPSA) is 57.4 Å². The normalized spacial score (nSPS) is 10.9. The van der Waals surface area contributed by atoms with E-state index >= 15 is 0 Å². The third-order valence-electron chi connectivity index (χ3n) is 2.01. The summed E-state index contributed by atoms with van der Waals surface area (Å²) in [5.41, 5.74) is 6.63. The van der Waals surface area contributed by atoms with Crippen molar-refractivity contribution < 1.29 is 9.47 Å². The van der Waals surface area contributed by atoms with Crippen molar-refractivity contribution in [2.75, 3.05) is 26.9 Å². The van der Waals surface area contributed by atoms with Crippen LogP contribution in [0.5, 0.6) is 0 Å². The summed E-state index contributed by atoms with van der Waals surface area (Å²) in [5, 5.41) is 1.10. The molecule has 0 unspecified atom stereocenters. The summed E-state index contributed by atoms with van der Waals surface area (Å²) in [6.07, 6.45) is 0.856. The summed E-state index contributed by atoms with van der Waals surface area (Å²) in [5.74, 6) is 0. The van der Waals surface area contributed by atoms with Crippen LogP contribution >= 0.6 is 11.3 Å². The van der Waals surface area contributed by atoms with Crippen molar-refractivity contribution in [1.82, 2.24) is 4.98 Å². The van der Waals surface area contributed by atoms with Crippen molar-refractivity contribution in [3.63, 3.8) is 0 Å². The van der Waals surface area contributed by atoms with E-state index in [9.17, 15) is 0 Å². The minimum Gasteiger partial charge on any atom is -0.382 e. The van der Waals surface area contributed by atoms with E-state index in [-0.39, 0.29) is 0 Å². The smallest absolute Gasteiger partial charge is 0.0954 e. The fourth-order valence-electron chi connectivity index (χ4n) is 1.19. The van der Waals surface area contributed by atoms with E-state index < -0.39 is 0 Å². The van der Waals surface area contributed by atoms with Gasteiger partial charge in [0.15, 0.2) is 0 Å². The lowest BCUT2D eigenvalue weighted by molar-refractivity contribution is 0.0722. The molecule has 0 amide bonds. The molecule has 0 aromatic carbocycles. The molecule has 2 N–H and O–H groups in total. The van der Waals surface area contributed by atoms with Crippen LogP contribution in [-0.2, 0) is 22.4 Å². The maximum atomic E-state index is 5.58. The lowest BCUT2D eigenvalue weighted by Gasteiger charge is -2.00. The zero-order valence-corrected chi connectivity index (χ0v) is 10.1. The number of hydrogen-bond donors (Lipinski definition) is 1. The predicted molar refractivity (Wildman–Crippen MR) is 61.1 cm³/mol. The minimum atomic E-state index is 0.577. The Balaban J connectivity index is 2.25. The Morgan fingerprint density at radius 1 is 1.33 bits per heavy atom. The summed E-state index contributed by atoms with van der Waals surface area (Å²) in [7, 11) is 1.67. The molecule has 0 saturated heterocycles. The maximum absolute atomic E-state index is 5.58. The average Bonchev–Trinajstić information content (AvgIpc) is 2.59. The Kier molecular flexibility index (Phi) is 5.78. The van der Waals surface area contributed by atoms with Crippen molar-refractivity contribution in [2.24, 2.45) is 5.73 Å². The van der Waals surface area contributed by atoms with E-state index in [4.69, 9.17) is 15.2 Å². The number of ether oxygens (including phenoxy) is 2. The standard InChI is InChI=1S/C10H18N2O2S/c1-8-9(7-11)15-10(12-8)3-4-14-6-5-13-2/h3-7,11H2,1-2H3. The molecule has 0 saturated carbocycles. The molecule has 1 rings (SSSR count). The molecule has 0 fully saturated rings. The molecule has 0 aliphatic rings. The number of nitrogens with zero attached hydrogens (tertiary/aromatic N) is 1. The summed E-state index contributed by atoms with van der Waals surface area (Å²) < 4.78 is 10.3. The van der Waals surface area contributed by atoms with Crippen molar-refractivity contribution in [3.8, 4) is 0 Å². The van der Waals surface area contributed by atoms with Gasteiger partial charge in [-0.05, 0) is 6.92 Å². The summed E-state index contributed by atoms with van der Waals surface area (Å²) in [6, 6.07) is 0. The van der Waals surface area contributed by atoms with Gasteiger partial charge >= 0.3 is 0 Å². The number of rotatable bonds is 7. The van der Waals surface area contributed by atoms with E-state index in [1.807, 2.05) is 6.92 Å². The zero-order chi connectivity index (χ0) is 11.1. The van der Waals surface area contributed by atoms with Gasteiger partial charge in [0.1, 0.15) is 0 Å². The first-order valence-electron chi connectivity index (χ1n) is 5.00. The van der Waals surface area contributed by atoms with Crippen molar-refractivity contribution in [2.45, 2.75) is 19.9 Å². The first-order chi connectivity index (χ1) is 7.27. The van der Waals surface area contributed by atoms with E-state index in [1.165, 1.54) is 4.88 Å². The molecule has 1 heterocycles. The van der Waals surface area contributed by atoms with Crippen LogP contribution in [0.2, 0.25) is 0 Å². The average molecular weight is 230 g/mol. The summed E-state index contributed by atoms with van der Waals surface area (Å²) in [6.45, 7) is 4.55. The zero-order valence-electron chi connectivity index (χ0n) is 9.28. The molecule has 0 aliphatic heterocycles. The predicted octanol–water partition coefficient (Wildman–Crippen LogP) is 1.12. The molecule has 15 heavy (non-hydrogen) atoms. The van der Waals surface area contributed by atoms with Crippen molar-refractivity contribution in [1.29, 1.82) is 0 Å². The van der Waals surface area contributed by atoms with Gasteiger partial charge in [0, 0.05) is 25.0 Å². The van der Waals surface area contributed by atoms with E-state index in [0.29, 0.717) is 26.4 Å². The molecule has 0 spiro atoms. The van der Waals surface area contributed by atoms with E-state index in [2.05, 4.69) is 4.98 Å². The molecular formula is C10H18N2O2S. The molecule has 5 heteroatoms. The van der Waals surface area contributed by atoms with Crippen LogP contribution in [0.3, 0.4) is 0 Å². The van der Waals surface area contributed by atoms with E-state index in [1.54, 1.807) is 18.4 Å². The Morgan fingerprint density at radius 3 is 2.73 bits per heavy atom. The highest BCUT2D eigenvalue weighted by atomic mass is 32.1. The third kappa shape index (κ3) is 4.25. The van der Waals surface area contributed by atoms with Gasteiger partial charge in [-0.15, -0.1) is 11.3 Å². The first kappa shape index (κ1) is 12.6. The second-order valence-electron chi connectivity index (χ2n) is 3.18. The lowest BCUT2D eigenvalue weighted by atomic mass is 10.4. The molecule has 0 atom stereocenters. The van der Waals surface area contributed by atoms with Crippen LogP contribution < -0.4 is 5.73 Å². The van der Waals surface area contributed by atoms with Crippen LogP contribution in [0, 0.1) is 6.92 Å². The minimum absolute atomic E-state index is 0.577. The molecule has 1 aromatic heterocycles. The highest BCUT2D eigenvalue weighted by Gasteiger charge is 2.05. The molecular weight excluding hydrogens is 212 g/mol. The molecule has 0 radical (unpaired) electrons. The van der Waals surface area contributed by atoms with Gasteiger partial charge in [-0.3, -0.25) is 0 Å². The van der Waals surface area contributed by atoms with Crippen LogP contribution in [0.1, 0.15) is 15.6 Å². The number of methoxy groups -OCH3 is 1. The SMILES string of the molecule is COCCOCCc1nc(C)c(CN)s1. The fraction of sp³-hybridized carbons (Fsp3) is 0.700. The van der Waals surface area contributed by atoms with Gasteiger partial charge in [0.25, 0.3) is 0 Å². The Bertz CT molecular complexity index is 289. The van der Waals surface area contributed by atoms with Crippen LogP contribution in [-0.4, -0.2) is 31.9 Å². The number of thiazole rings is 1. The van der Waals surface area contributed by atoms with Gasteiger partial charge in [0.2, 0.25) is 0 Å². The van der Waals surface area contributed by atoms with Crippen LogP contribution in [0.15, 0.2) is 0 Å². The maximum Gasteiger partial charge on any atom is 0.0954 e. The lowest BCUT2D eigenvalue weighted by Crippen LogP contribution is -2.04. The number of aromatic nitrogens is 1. The van der Waals surface area contributed by atoms with Gasteiger partial charge in [-0.25, -0.2) is 4.98 Å². The molecule has 0 aliphatic carbocycles. The molecule has 86 valence electrons. The van der Waals surface area contributed by atoms with Crippen molar-refractivity contribution in [3.05, 3.63) is 15.6 Å². The largest absolute Gasteiger partial charge is 0.382 e. The fourth-order valence-corrected chi connectivity index (χ4v) is 2.12. The van der Waals surface area contributed by atoms with Crippen LogP contribution in [0.25, 0.3) is 0 Å². The third-order valence-corrected chi connectivity index (χ3v) is 3.25. The number of nitrogens with two attached hydrogens (primary N) is 1. The first-order valence-corrected chi connectivity index (χ1v) is 5.81. The van der Waals surface area contributed by atoms with Crippen LogP contribution in [0.4, 0.5) is 0 Å². The Hall–Kier alpha value is -0.490. The highest BCUT2D eigenvalue weighted by Crippen LogP contribution is 2.17. The molecule has 0 bridgehead atoms. The second-order valence-corrected chi connectivity index (χ2v) is 4.34. The van der Waals surface area contributed by atoms with Gasteiger partial charge < -0.3 is 15.2 Å². The van der Waals surface area contributed by atoms with Gasteiger partial charge in [0.05, 0.1) is 30.5 Å². The highest BCUT2D eigenvalue weighted by molar-refractivity contribution is 7.11. The summed E-state index contributed by atoms with van der Waals surface area (Å²) >= 11 is 1.68. The Morgan fingerprint density at radius 2 is 2.13 bits per heavy atom. The van der Waals surface area contributed by atoms with Crippen molar-refractivity contribution >= 4 is 11.3 Å². The monoisotopic (exact) mass is 230 g/mol. The quantitative estimate of drug-likeness (QED) is 0.713. The number of aryl methyl sites for hydroxylation is 1. The Labute approximate surface area is 94.4 Å². The van der Waals surface area contributed by atoms with Gasteiger partial charge in [-0.1, -0.05) is 0 Å². The molecule has 4 nitrogen and oxygen atoms in total.